The van der Waals surface area contributed by atoms with Crippen molar-refractivity contribution in [1.29, 1.82) is 0 Å². The first kappa shape index (κ1) is 9.81. The predicted octanol–water partition coefficient (Wildman–Crippen LogP) is 3.09. The summed E-state index contributed by atoms with van der Waals surface area (Å²) in [6.45, 7) is 6.27. The van der Waals surface area contributed by atoms with Crippen LogP contribution in [-0.4, -0.2) is 0 Å². The quantitative estimate of drug-likeness (QED) is 0.807. The number of hydrogen-bond donors (Lipinski definition) is 1. The molecule has 2 N–H and O–H groups in total. The molecule has 1 atom stereocenters. The Morgan fingerprint density at radius 1 is 1.42 bits per heavy atom. The maximum Gasteiger partial charge on any atom is 0.169 e. The van der Waals surface area contributed by atoms with E-state index >= 15 is 0 Å². The van der Waals surface area contributed by atoms with Crippen LogP contribution < -0.4 is 5.73 Å². The van der Waals surface area contributed by atoms with Gasteiger partial charge in [-0.3, -0.25) is 0 Å². The molecule has 0 fully saturated rings. The second-order valence-electron chi connectivity index (χ2n) is 3.99. The van der Waals surface area contributed by atoms with E-state index in [1.807, 2.05) is 12.1 Å². The van der Waals surface area contributed by atoms with Crippen molar-refractivity contribution < 1.29 is 4.42 Å². The molecule has 0 aromatic carbocycles. The summed E-state index contributed by atoms with van der Waals surface area (Å²) >= 11 is 3.24. The molecule has 1 aromatic rings. The van der Waals surface area contributed by atoms with Crippen molar-refractivity contribution in [2.75, 3.05) is 0 Å². The van der Waals surface area contributed by atoms with Crippen molar-refractivity contribution in [1.82, 2.24) is 0 Å². The maximum absolute atomic E-state index is 5.97. The zero-order chi connectivity index (χ0) is 9.35. The molecule has 0 aliphatic carbocycles. The van der Waals surface area contributed by atoms with Gasteiger partial charge in [0.15, 0.2) is 4.67 Å². The lowest BCUT2D eigenvalue weighted by Crippen LogP contribution is -2.25. The van der Waals surface area contributed by atoms with Crippen LogP contribution in [0, 0.1) is 5.41 Å². The smallest absolute Gasteiger partial charge is 0.169 e. The second-order valence-corrected chi connectivity index (χ2v) is 4.77. The maximum atomic E-state index is 5.97. The van der Waals surface area contributed by atoms with E-state index in [4.69, 9.17) is 10.2 Å². The first-order valence-corrected chi connectivity index (χ1v) is 4.71. The standard InChI is InChI=1S/C9H14BrNO/c1-9(2,3)8(11)6-4-5-7(10)12-6/h4-5,8H,11H2,1-3H3/t8-/m0/s1. The van der Waals surface area contributed by atoms with Crippen LogP contribution in [0.2, 0.25) is 0 Å². The Morgan fingerprint density at radius 2 is 2.00 bits per heavy atom. The van der Waals surface area contributed by atoms with E-state index in [1.165, 1.54) is 0 Å². The van der Waals surface area contributed by atoms with E-state index < -0.39 is 0 Å². The molecule has 0 saturated carbocycles. The Balaban J connectivity index is 2.85. The zero-order valence-corrected chi connectivity index (χ0v) is 9.18. The van der Waals surface area contributed by atoms with Crippen LogP contribution in [0.25, 0.3) is 0 Å². The summed E-state index contributed by atoms with van der Waals surface area (Å²) in [5.41, 5.74) is 6.01. The fourth-order valence-corrected chi connectivity index (χ4v) is 1.24. The van der Waals surface area contributed by atoms with Crippen molar-refractivity contribution in [3.63, 3.8) is 0 Å². The van der Waals surface area contributed by atoms with Gasteiger partial charge in [-0.1, -0.05) is 20.8 Å². The fourth-order valence-electron chi connectivity index (χ4n) is 0.922. The third kappa shape index (κ3) is 2.11. The van der Waals surface area contributed by atoms with Gasteiger partial charge in [0.05, 0.1) is 6.04 Å². The van der Waals surface area contributed by atoms with E-state index in [-0.39, 0.29) is 11.5 Å². The summed E-state index contributed by atoms with van der Waals surface area (Å²) in [6, 6.07) is 3.71. The molecule has 2 nitrogen and oxygen atoms in total. The highest BCUT2D eigenvalue weighted by Crippen LogP contribution is 2.32. The van der Waals surface area contributed by atoms with E-state index in [0.717, 1.165) is 10.4 Å². The van der Waals surface area contributed by atoms with Gasteiger partial charge in [-0.2, -0.15) is 0 Å². The average Bonchev–Trinajstić information content (AvgIpc) is 2.32. The van der Waals surface area contributed by atoms with Crippen molar-refractivity contribution in [3.05, 3.63) is 22.6 Å². The molecule has 0 bridgehead atoms. The van der Waals surface area contributed by atoms with Gasteiger partial charge >= 0.3 is 0 Å². The van der Waals surface area contributed by atoms with Crippen LogP contribution in [0.3, 0.4) is 0 Å². The molecular weight excluding hydrogens is 218 g/mol. The Kier molecular flexibility index (Phi) is 2.64. The normalized spacial score (nSPS) is 14.8. The molecule has 3 heteroatoms. The van der Waals surface area contributed by atoms with E-state index in [9.17, 15) is 0 Å². The molecule has 0 unspecified atom stereocenters. The van der Waals surface area contributed by atoms with Gasteiger partial charge in [-0.15, -0.1) is 0 Å². The third-order valence-corrected chi connectivity index (χ3v) is 2.26. The summed E-state index contributed by atoms with van der Waals surface area (Å²) in [4.78, 5) is 0. The highest BCUT2D eigenvalue weighted by atomic mass is 79.9. The summed E-state index contributed by atoms with van der Waals surface area (Å²) in [7, 11) is 0. The Morgan fingerprint density at radius 3 is 2.33 bits per heavy atom. The highest BCUT2D eigenvalue weighted by Gasteiger charge is 2.24. The minimum Gasteiger partial charge on any atom is -0.453 e. The summed E-state index contributed by atoms with van der Waals surface area (Å²) in [5.74, 6) is 0.828. The number of nitrogens with two attached hydrogens (primary N) is 1. The van der Waals surface area contributed by atoms with Gasteiger partial charge in [0.1, 0.15) is 5.76 Å². The van der Waals surface area contributed by atoms with Gasteiger partial charge in [0, 0.05) is 0 Å². The summed E-state index contributed by atoms with van der Waals surface area (Å²) in [6.07, 6.45) is 0. The number of hydrogen-bond acceptors (Lipinski definition) is 2. The lowest BCUT2D eigenvalue weighted by molar-refractivity contribution is 0.282. The minimum absolute atomic E-state index is 0.0390. The van der Waals surface area contributed by atoms with Crippen molar-refractivity contribution >= 4 is 15.9 Å². The highest BCUT2D eigenvalue weighted by molar-refractivity contribution is 9.10. The Hall–Kier alpha value is -0.280. The molecular formula is C9H14BrNO. The molecule has 0 amide bonds. The molecule has 0 aliphatic rings. The minimum atomic E-state index is -0.0520. The molecule has 0 radical (unpaired) electrons. The number of rotatable bonds is 1. The van der Waals surface area contributed by atoms with Gasteiger partial charge in [0.2, 0.25) is 0 Å². The van der Waals surface area contributed by atoms with Crippen LogP contribution >= 0.6 is 15.9 Å². The van der Waals surface area contributed by atoms with E-state index in [1.54, 1.807) is 0 Å². The number of furan rings is 1. The fraction of sp³-hybridized carbons (Fsp3) is 0.556. The lowest BCUT2D eigenvalue weighted by atomic mass is 9.86. The zero-order valence-electron chi connectivity index (χ0n) is 7.60. The first-order chi connectivity index (χ1) is 5.41. The topological polar surface area (TPSA) is 39.2 Å². The van der Waals surface area contributed by atoms with Gasteiger partial charge < -0.3 is 10.2 Å². The van der Waals surface area contributed by atoms with E-state index in [2.05, 4.69) is 36.7 Å². The van der Waals surface area contributed by atoms with Crippen LogP contribution in [0.4, 0.5) is 0 Å². The summed E-state index contributed by atoms with van der Waals surface area (Å²) < 4.78 is 6.10. The second kappa shape index (κ2) is 3.23. The molecule has 0 spiro atoms. The molecule has 12 heavy (non-hydrogen) atoms. The van der Waals surface area contributed by atoms with Gasteiger partial charge in [-0.05, 0) is 33.5 Å². The van der Waals surface area contributed by atoms with Crippen LogP contribution in [-0.2, 0) is 0 Å². The predicted molar refractivity (Wildman–Crippen MR) is 52.8 cm³/mol. The number of halogens is 1. The average molecular weight is 232 g/mol. The van der Waals surface area contributed by atoms with Crippen LogP contribution in [0.1, 0.15) is 32.6 Å². The molecule has 1 aromatic heterocycles. The van der Waals surface area contributed by atoms with Crippen LogP contribution in [0.5, 0.6) is 0 Å². The van der Waals surface area contributed by atoms with Crippen LogP contribution in [0.15, 0.2) is 21.2 Å². The molecule has 1 heterocycles. The Bertz CT molecular complexity index is 262. The molecule has 1 rings (SSSR count). The molecule has 0 aliphatic heterocycles. The third-order valence-electron chi connectivity index (χ3n) is 1.83. The van der Waals surface area contributed by atoms with E-state index in [0.29, 0.717) is 0 Å². The lowest BCUT2D eigenvalue weighted by Gasteiger charge is -2.24. The van der Waals surface area contributed by atoms with Gasteiger partial charge in [-0.25, -0.2) is 0 Å². The largest absolute Gasteiger partial charge is 0.453 e. The summed E-state index contributed by atoms with van der Waals surface area (Å²) in [5, 5.41) is 0. The SMILES string of the molecule is CC(C)(C)[C@@H](N)c1ccc(Br)o1. The molecule has 0 saturated heterocycles. The van der Waals surface area contributed by atoms with Gasteiger partial charge in [0.25, 0.3) is 0 Å². The monoisotopic (exact) mass is 231 g/mol. The van der Waals surface area contributed by atoms with Crippen molar-refractivity contribution in [2.45, 2.75) is 26.8 Å². The first-order valence-electron chi connectivity index (χ1n) is 3.92. The molecule has 68 valence electrons. The van der Waals surface area contributed by atoms with Crippen molar-refractivity contribution in [3.8, 4) is 0 Å². The Labute approximate surface area is 81.3 Å². The van der Waals surface area contributed by atoms with Crippen molar-refractivity contribution in [2.24, 2.45) is 11.1 Å².